The maximum Gasteiger partial charge on any atom is 0.260 e. The fourth-order valence-electron chi connectivity index (χ4n) is 3.65. The van der Waals surface area contributed by atoms with Crippen LogP contribution in [0.3, 0.4) is 0 Å². The van der Waals surface area contributed by atoms with Crippen LogP contribution in [0, 0.1) is 0 Å². The van der Waals surface area contributed by atoms with Gasteiger partial charge in [0.05, 0.1) is 25.9 Å². The molecular formula is C25H28N2O6. The molecule has 0 aliphatic carbocycles. The van der Waals surface area contributed by atoms with E-state index in [1.165, 1.54) is 0 Å². The predicted molar refractivity (Wildman–Crippen MR) is 123 cm³/mol. The van der Waals surface area contributed by atoms with Gasteiger partial charge in [0, 0.05) is 24.0 Å². The minimum atomic E-state index is -0.317. The number of benzene rings is 2. The summed E-state index contributed by atoms with van der Waals surface area (Å²) in [4.78, 5) is 26.9. The molecule has 1 aliphatic heterocycles. The largest absolute Gasteiger partial charge is 0.490 e. The van der Waals surface area contributed by atoms with Gasteiger partial charge in [0.2, 0.25) is 0 Å². The molecule has 0 radical (unpaired) electrons. The molecule has 2 amide bonds. The molecule has 4 rings (SSSR count). The quantitative estimate of drug-likeness (QED) is 0.562. The van der Waals surface area contributed by atoms with Crippen LogP contribution in [0.5, 0.6) is 11.5 Å². The molecule has 1 fully saturated rings. The second kappa shape index (κ2) is 10.4. The summed E-state index contributed by atoms with van der Waals surface area (Å²) in [6.45, 7) is 6.19. The summed E-state index contributed by atoms with van der Waals surface area (Å²) < 4.78 is 22.5. The first-order chi connectivity index (χ1) is 16.0. The van der Waals surface area contributed by atoms with Gasteiger partial charge in [0.25, 0.3) is 11.8 Å². The zero-order chi connectivity index (χ0) is 23.2. The van der Waals surface area contributed by atoms with Gasteiger partial charge in [-0.1, -0.05) is 18.2 Å². The lowest BCUT2D eigenvalue weighted by Gasteiger charge is -2.26. The van der Waals surface area contributed by atoms with Gasteiger partial charge in [-0.25, -0.2) is 0 Å². The predicted octanol–water partition coefficient (Wildman–Crippen LogP) is 3.56. The molecule has 1 aromatic heterocycles. The molecule has 0 spiro atoms. The number of furan rings is 1. The number of carbonyl (C=O) groups is 2. The van der Waals surface area contributed by atoms with Crippen molar-refractivity contribution >= 4 is 22.8 Å². The fraction of sp³-hybridized carbons (Fsp3) is 0.360. The van der Waals surface area contributed by atoms with Crippen molar-refractivity contribution in [2.75, 3.05) is 39.5 Å². The average Bonchev–Trinajstić information content (AvgIpc) is 3.28. The SMILES string of the molecule is CCOc1cc(C(=O)NC(C)c2cc3ccccc3o2)ccc1OCC(=O)N1CCOCC1. The van der Waals surface area contributed by atoms with E-state index in [1.807, 2.05) is 44.2 Å². The summed E-state index contributed by atoms with van der Waals surface area (Å²) >= 11 is 0. The zero-order valence-corrected chi connectivity index (χ0v) is 18.8. The highest BCUT2D eigenvalue weighted by atomic mass is 16.5. The van der Waals surface area contributed by atoms with Crippen molar-refractivity contribution in [3.63, 3.8) is 0 Å². The first-order valence-corrected chi connectivity index (χ1v) is 11.1. The van der Waals surface area contributed by atoms with Crippen LogP contribution in [0.1, 0.15) is 36.0 Å². The topological polar surface area (TPSA) is 90.2 Å². The van der Waals surface area contributed by atoms with Crippen molar-refractivity contribution in [3.8, 4) is 11.5 Å². The number of nitrogens with one attached hydrogen (secondary N) is 1. The number of para-hydroxylation sites is 1. The standard InChI is InChI=1S/C25H28N2O6/c1-3-31-23-15-19(8-9-21(23)32-16-24(28)27-10-12-30-13-11-27)25(29)26-17(2)22-14-18-6-4-5-7-20(18)33-22/h4-9,14-15,17H,3,10-13,16H2,1-2H3,(H,26,29). The number of rotatable bonds is 8. The Bertz CT molecular complexity index is 1090. The molecule has 1 aliphatic rings. The first-order valence-electron chi connectivity index (χ1n) is 11.1. The number of carbonyl (C=O) groups excluding carboxylic acids is 2. The van der Waals surface area contributed by atoms with Gasteiger partial charge in [-0.3, -0.25) is 9.59 Å². The van der Waals surface area contributed by atoms with E-state index in [0.29, 0.717) is 55.7 Å². The maximum atomic E-state index is 12.9. The maximum absolute atomic E-state index is 12.9. The number of hydrogen-bond donors (Lipinski definition) is 1. The molecule has 1 unspecified atom stereocenters. The highest BCUT2D eigenvalue weighted by molar-refractivity contribution is 5.95. The van der Waals surface area contributed by atoms with Gasteiger partial charge < -0.3 is 28.8 Å². The molecule has 1 N–H and O–H groups in total. The minimum Gasteiger partial charge on any atom is -0.490 e. The zero-order valence-electron chi connectivity index (χ0n) is 18.8. The van der Waals surface area contributed by atoms with Crippen molar-refractivity contribution in [2.24, 2.45) is 0 Å². The molecule has 174 valence electrons. The fourth-order valence-corrected chi connectivity index (χ4v) is 3.65. The van der Waals surface area contributed by atoms with Gasteiger partial charge in [0.15, 0.2) is 18.1 Å². The number of ether oxygens (including phenoxy) is 3. The second-order valence-electron chi connectivity index (χ2n) is 7.76. The third-order valence-electron chi connectivity index (χ3n) is 5.44. The number of amides is 2. The van der Waals surface area contributed by atoms with Crippen LogP contribution >= 0.6 is 0 Å². The van der Waals surface area contributed by atoms with Gasteiger partial charge in [-0.15, -0.1) is 0 Å². The summed E-state index contributed by atoms with van der Waals surface area (Å²) in [5.74, 6) is 1.13. The van der Waals surface area contributed by atoms with Crippen molar-refractivity contribution in [2.45, 2.75) is 19.9 Å². The molecule has 1 atom stereocenters. The molecule has 0 saturated carbocycles. The molecule has 3 aromatic rings. The van der Waals surface area contributed by atoms with Crippen molar-refractivity contribution in [1.29, 1.82) is 0 Å². The molecule has 2 aromatic carbocycles. The van der Waals surface area contributed by atoms with E-state index in [0.717, 1.165) is 11.0 Å². The number of fused-ring (bicyclic) bond motifs is 1. The Hall–Kier alpha value is -3.52. The molecule has 2 heterocycles. The molecule has 8 nitrogen and oxygen atoms in total. The van der Waals surface area contributed by atoms with E-state index in [9.17, 15) is 9.59 Å². The Morgan fingerprint density at radius 2 is 1.85 bits per heavy atom. The van der Waals surface area contributed by atoms with Crippen LogP contribution < -0.4 is 14.8 Å². The van der Waals surface area contributed by atoms with E-state index in [-0.39, 0.29) is 24.5 Å². The number of hydrogen-bond acceptors (Lipinski definition) is 6. The molecule has 8 heteroatoms. The smallest absolute Gasteiger partial charge is 0.260 e. The lowest BCUT2D eigenvalue weighted by atomic mass is 10.1. The average molecular weight is 453 g/mol. The van der Waals surface area contributed by atoms with E-state index in [2.05, 4.69) is 5.32 Å². The molecule has 0 bridgehead atoms. The van der Waals surface area contributed by atoms with E-state index in [1.54, 1.807) is 23.1 Å². The van der Waals surface area contributed by atoms with Crippen LogP contribution in [0.25, 0.3) is 11.0 Å². The van der Waals surface area contributed by atoms with Crippen molar-refractivity contribution < 1.29 is 28.2 Å². The summed E-state index contributed by atoms with van der Waals surface area (Å²) in [7, 11) is 0. The highest BCUT2D eigenvalue weighted by Gasteiger charge is 2.20. The Kier molecular flexibility index (Phi) is 7.14. The van der Waals surface area contributed by atoms with Crippen LogP contribution in [0.15, 0.2) is 52.9 Å². The Morgan fingerprint density at radius 3 is 2.61 bits per heavy atom. The summed E-state index contributed by atoms with van der Waals surface area (Å²) in [6.07, 6.45) is 0. The first kappa shape index (κ1) is 22.7. The summed E-state index contributed by atoms with van der Waals surface area (Å²) in [6, 6.07) is 14.2. The van der Waals surface area contributed by atoms with Crippen LogP contribution in [0.4, 0.5) is 0 Å². The highest BCUT2D eigenvalue weighted by Crippen LogP contribution is 2.29. The minimum absolute atomic E-state index is 0.102. The van der Waals surface area contributed by atoms with E-state index in [4.69, 9.17) is 18.6 Å². The second-order valence-corrected chi connectivity index (χ2v) is 7.76. The third kappa shape index (κ3) is 5.46. The van der Waals surface area contributed by atoms with Gasteiger partial charge >= 0.3 is 0 Å². The molecule has 1 saturated heterocycles. The number of morpholine rings is 1. The Labute approximate surface area is 192 Å². The van der Waals surface area contributed by atoms with Crippen LogP contribution in [0.2, 0.25) is 0 Å². The van der Waals surface area contributed by atoms with Crippen LogP contribution in [-0.4, -0.2) is 56.2 Å². The monoisotopic (exact) mass is 452 g/mol. The van der Waals surface area contributed by atoms with Crippen molar-refractivity contribution in [3.05, 3.63) is 59.9 Å². The van der Waals surface area contributed by atoms with Crippen molar-refractivity contribution in [1.82, 2.24) is 10.2 Å². The normalized spacial score (nSPS) is 14.7. The van der Waals surface area contributed by atoms with Crippen LogP contribution in [-0.2, 0) is 9.53 Å². The summed E-state index contributed by atoms with van der Waals surface area (Å²) in [5, 5.41) is 3.94. The Balaban J connectivity index is 1.42. The van der Waals surface area contributed by atoms with E-state index < -0.39 is 0 Å². The lowest BCUT2D eigenvalue weighted by Crippen LogP contribution is -2.43. The third-order valence-corrected chi connectivity index (χ3v) is 5.44. The molecule has 33 heavy (non-hydrogen) atoms. The number of nitrogens with zero attached hydrogens (tertiary/aromatic N) is 1. The van der Waals surface area contributed by atoms with Gasteiger partial charge in [-0.2, -0.15) is 0 Å². The van der Waals surface area contributed by atoms with Gasteiger partial charge in [0.1, 0.15) is 11.3 Å². The Morgan fingerprint density at radius 1 is 1.06 bits per heavy atom. The summed E-state index contributed by atoms with van der Waals surface area (Å²) in [5.41, 5.74) is 1.20. The van der Waals surface area contributed by atoms with E-state index >= 15 is 0 Å². The van der Waals surface area contributed by atoms with Gasteiger partial charge in [-0.05, 0) is 44.2 Å². The lowest BCUT2D eigenvalue weighted by molar-refractivity contribution is -0.137. The molecular weight excluding hydrogens is 424 g/mol.